The molecule has 7 heteroatoms. The molecule has 2 aromatic carbocycles. The number of benzene rings is 2. The molecule has 2 nitrogen and oxygen atoms in total. The molecule has 0 aliphatic heterocycles. The van der Waals surface area contributed by atoms with E-state index < -0.39 is 18.7 Å². The Labute approximate surface area is 154 Å². The van der Waals surface area contributed by atoms with Crippen molar-refractivity contribution in [1.82, 2.24) is 0 Å². The van der Waals surface area contributed by atoms with Gasteiger partial charge in [-0.1, -0.05) is 59.7 Å². The summed E-state index contributed by atoms with van der Waals surface area (Å²) < 4.78 is 21.4. The van der Waals surface area contributed by atoms with E-state index in [1.807, 2.05) is 38.1 Å². The van der Waals surface area contributed by atoms with Gasteiger partial charge in [0.1, 0.15) is 0 Å². The second kappa shape index (κ2) is 10.6. The normalized spacial score (nSPS) is 9.71. The molecule has 0 spiro atoms. The van der Waals surface area contributed by atoms with Crippen LogP contribution in [0.15, 0.2) is 58.3 Å². The van der Waals surface area contributed by atoms with Gasteiger partial charge in [0.15, 0.2) is 0 Å². The van der Waals surface area contributed by atoms with Crippen molar-refractivity contribution in [1.29, 1.82) is 0 Å². The second-order valence-electron chi connectivity index (χ2n) is 4.10. The van der Waals surface area contributed by atoms with Gasteiger partial charge in [-0.2, -0.15) is 18.7 Å². The fourth-order valence-corrected chi connectivity index (χ4v) is 2.68. The zero-order chi connectivity index (χ0) is 15.1. The van der Waals surface area contributed by atoms with E-state index in [-0.39, 0.29) is 22.4 Å². The first-order valence-electron chi connectivity index (χ1n) is 5.72. The van der Waals surface area contributed by atoms with E-state index in [4.69, 9.17) is 0 Å². The van der Waals surface area contributed by atoms with Crippen LogP contribution in [0.1, 0.15) is 11.1 Å². The van der Waals surface area contributed by atoms with Crippen LogP contribution in [-0.4, -0.2) is 0 Å². The van der Waals surface area contributed by atoms with E-state index in [1.54, 1.807) is 24.3 Å². The Balaban J connectivity index is 0.000000364. The van der Waals surface area contributed by atoms with Gasteiger partial charge in [0, 0.05) is 22.4 Å². The molecule has 0 heterocycles. The molecule has 119 valence electrons. The third kappa shape index (κ3) is 8.21. The van der Waals surface area contributed by atoms with Crippen molar-refractivity contribution in [3.63, 3.8) is 0 Å². The molecule has 0 aromatic heterocycles. The van der Waals surface area contributed by atoms with Gasteiger partial charge in [0.2, 0.25) is 0 Å². The van der Waals surface area contributed by atoms with Crippen LogP contribution >= 0.6 is 0 Å². The van der Waals surface area contributed by atoms with Gasteiger partial charge in [-0.15, -0.1) is 9.79 Å². The molecular formula is C14H14AuO2S4-2. The van der Waals surface area contributed by atoms with Crippen molar-refractivity contribution in [3.8, 4) is 0 Å². The molecule has 0 aliphatic rings. The molecule has 2 rings (SSSR count). The minimum Gasteiger partial charge on any atom is -0.447 e. The fraction of sp³-hybridized carbons (Fsp3) is 0.143. The van der Waals surface area contributed by atoms with Crippen LogP contribution in [0.3, 0.4) is 0 Å². The fourth-order valence-electron chi connectivity index (χ4n) is 1.30. The number of rotatable bonds is 2. The minimum absolute atomic E-state index is 0. The molecule has 0 bridgehead atoms. The zero-order valence-corrected chi connectivity index (χ0v) is 16.8. The summed E-state index contributed by atoms with van der Waals surface area (Å²) in [5.74, 6) is 0. The molecule has 0 fully saturated rings. The Morgan fingerprint density at radius 2 is 0.905 bits per heavy atom. The largest absolute Gasteiger partial charge is 0.447 e. The number of hydrogen-bond acceptors (Lipinski definition) is 6. The molecule has 0 saturated heterocycles. The second-order valence-corrected chi connectivity index (χ2v) is 7.79. The van der Waals surface area contributed by atoms with Crippen LogP contribution in [0.5, 0.6) is 0 Å². The molecule has 0 saturated carbocycles. The number of hydrogen-bond donors (Lipinski definition) is 0. The topological polar surface area (TPSA) is 34.1 Å². The first-order valence-corrected chi connectivity index (χ1v) is 9.87. The summed E-state index contributed by atoms with van der Waals surface area (Å²) in [5, 5.41) is 0. The molecule has 1 radical (unpaired) electrons. The summed E-state index contributed by atoms with van der Waals surface area (Å²) in [6.45, 7) is 3.96. The predicted molar refractivity (Wildman–Crippen MR) is 89.7 cm³/mol. The summed E-state index contributed by atoms with van der Waals surface area (Å²) in [6.07, 6.45) is 0. The summed E-state index contributed by atoms with van der Waals surface area (Å²) in [5.41, 5.74) is 2.31. The van der Waals surface area contributed by atoms with E-state index >= 15 is 0 Å². The van der Waals surface area contributed by atoms with Crippen molar-refractivity contribution in [3.05, 3.63) is 59.7 Å². The van der Waals surface area contributed by atoms with Crippen molar-refractivity contribution >= 4 is 41.1 Å². The molecule has 0 atom stereocenters. The Morgan fingerprint density at radius 3 is 1.10 bits per heavy atom. The van der Waals surface area contributed by atoms with Gasteiger partial charge in [-0.3, -0.25) is 0 Å². The average Bonchev–Trinajstić information content (AvgIpc) is 2.40. The van der Waals surface area contributed by atoms with Gasteiger partial charge in [0.25, 0.3) is 0 Å². The van der Waals surface area contributed by atoms with Gasteiger partial charge >= 0.3 is 0 Å². The number of aryl methyl sites for hydroxylation is 2. The van der Waals surface area contributed by atoms with Crippen LogP contribution in [0.25, 0.3) is 0 Å². The standard InChI is InChI=1S/2C7H7OS2.Au/c2*1-6-2-4-7(5-3-6)10(8)9;/h2*2-5H,1H3;/q2*-1;. The third-order valence-electron chi connectivity index (χ3n) is 2.43. The predicted octanol–water partition coefficient (Wildman–Crippen LogP) is 3.56. The van der Waals surface area contributed by atoms with Gasteiger partial charge in [-0.25, -0.2) is 22.4 Å². The maximum absolute atomic E-state index is 10.7. The molecule has 0 aliphatic carbocycles. The SMILES string of the molecule is Cc1ccc([S-](=O)=S)cc1.Cc1ccc([S-](=O)=S)cc1.[Au]. The van der Waals surface area contributed by atoms with E-state index in [9.17, 15) is 8.42 Å². The van der Waals surface area contributed by atoms with E-state index in [1.165, 1.54) is 0 Å². The van der Waals surface area contributed by atoms with E-state index in [0.717, 1.165) is 11.1 Å². The zero-order valence-electron chi connectivity index (χ0n) is 11.4. The molecule has 21 heavy (non-hydrogen) atoms. The van der Waals surface area contributed by atoms with Crippen molar-refractivity contribution in [2.45, 2.75) is 23.6 Å². The van der Waals surface area contributed by atoms with Crippen LogP contribution in [0.2, 0.25) is 0 Å². The molecular weight excluding hydrogens is 525 g/mol. The maximum Gasteiger partial charge on any atom is 0 e. The quantitative estimate of drug-likeness (QED) is 0.432. The average molecular weight is 539 g/mol. The van der Waals surface area contributed by atoms with E-state index in [0.29, 0.717) is 9.79 Å². The summed E-state index contributed by atoms with van der Waals surface area (Å²) in [6, 6.07) is 14.8. The van der Waals surface area contributed by atoms with Crippen molar-refractivity contribution in [2.75, 3.05) is 0 Å². The van der Waals surface area contributed by atoms with Crippen LogP contribution < -0.4 is 0 Å². The Morgan fingerprint density at radius 1 is 0.667 bits per heavy atom. The van der Waals surface area contributed by atoms with E-state index in [2.05, 4.69) is 22.4 Å². The summed E-state index contributed by atoms with van der Waals surface area (Å²) >= 11 is 9.12. The summed E-state index contributed by atoms with van der Waals surface area (Å²) in [4.78, 5) is 1.42. The van der Waals surface area contributed by atoms with Crippen LogP contribution in [0, 0.1) is 13.8 Å². The minimum atomic E-state index is -1.25. The van der Waals surface area contributed by atoms with Gasteiger partial charge in [0.05, 0.1) is 0 Å². The van der Waals surface area contributed by atoms with Crippen LogP contribution in [0.4, 0.5) is 0 Å². The van der Waals surface area contributed by atoms with Crippen LogP contribution in [-0.2, 0) is 71.9 Å². The molecule has 0 unspecified atom stereocenters. The van der Waals surface area contributed by atoms with Gasteiger partial charge in [-0.05, 0) is 13.8 Å². The third-order valence-corrected chi connectivity index (χ3v) is 4.90. The first kappa shape index (κ1) is 20.9. The maximum atomic E-state index is 10.7. The molecule has 2 aromatic rings. The summed E-state index contributed by atoms with van der Waals surface area (Å²) in [7, 11) is -2.51. The Kier molecular flexibility index (Phi) is 10.6. The molecule has 0 N–H and O–H groups in total. The smallest absolute Gasteiger partial charge is 0 e. The Hall–Kier alpha value is -0.0797. The molecule has 0 amide bonds. The first-order chi connectivity index (χ1) is 9.40. The van der Waals surface area contributed by atoms with Crippen molar-refractivity contribution < 1.29 is 30.8 Å². The Bertz CT molecular complexity index is 623. The van der Waals surface area contributed by atoms with Crippen molar-refractivity contribution in [2.24, 2.45) is 0 Å². The monoisotopic (exact) mass is 539 g/mol. The van der Waals surface area contributed by atoms with Gasteiger partial charge < -0.3 is 8.42 Å².